The molecule has 4 heterocycles. The Morgan fingerprint density at radius 2 is 1.59 bits per heavy atom. The number of oxazole rings is 1. The largest absolute Gasteiger partial charge is 0.508 e. The number of aromatic amines is 1. The van der Waals surface area contributed by atoms with Gasteiger partial charge in [0, 0.05) is 36.5 Å². The van der Waals surface area contributed by atoms with Crippen LogP contribution in [0, 0.1) is 17.8 Å². The first-order valence-corrected chi connectivity index (χ1v) is 28.6. The molecule has 0 aliphatic carbocycles. The fourth-order valence-corrected chi connectivity index (χ4v) is 10.3. The van der Waals surface area contributed by atoms with Gasteiger partial charge in [-0.3, -0.25) is 47.7 Å². The predicted octanol–water partition coefficient (Wildman–Crippen LogP) is 2.69. The van der Waals surface area contributed by atoms with Crippen LogP contribution in [0.4, 0.5) is 0 Å². The van der Waals surface area contributed by atoms with Gasteiger partial charge in [-0.1, -0.05) is 61.3 Å². The van der Waals surface area contributed by atoms with Gasteiger partial charge in [-0.25, -0.2) is 9.17 Å². The van der Waals surface area contributed by atoms with Gasteiger partial charge in [0.1, 0.15) is 54.0 Å². The van der Waals surface area contributed by atoms with E-state index in [0.717, 1.165) is 6.08 Å². The fourth-order valence-electron chi connectivity index (χ4n) is 9.20. The average molecular weight is 1190 g/mol. The molecule has 0 saturated carbocycles. The highest BCUT2D eigenvalue weighted by molar-refractivity contribution is 9.10. The quantitative estimate of drug-likeness (QED) is 0.0686. The van der Waals surface area contributed by atoms with Crippen LogP contribution >= 0.6 is 15.9 Å². The van der Waals surface area contributed by atoms with Crippen LogP contribution in [-0.2, 0) is 64.2 Å². The van der Waals surface area contributed by atoms with E-state index in [9.17, 15) is 61.2 Å². The number of aromatic hydroxyl groups is 1. The molecule has 2 aromatic heterocycles. The molecule has 8 amide bonds. The molecule has 2 aliphatic rings. The maximum atomic E-state index is 14.8. The van der Waals surface area contributed by atoms with Crippen molar-refractivity contribution in [3.8, 4) is 5.75 Å². The molecule has 2 bridgehead atoms. The number of amides is 8. The van der Waals surface area contributed by atoms with Gasteiger partial charge in [0.05, 0.1) is 10.6 Å². The third-order valence-electron chi connectivity index (χ3n) is 14.0. The van der Waals surface area contributed by atoms with E-state index in [1.165, 1.54) is 43.2 Å². The number of Topliss-reactive ketones (excluding diaryl/α,β-unsaturated/α-hetero) is 1. The van der Waals surface area contributed by atoms with Crippen molar-refractivity contribution in [3.63, 3.8) is 0 Å². The number of H-pyrrole nitrogens is 1. The van der Waals surface area contributed by atoms with Gasteiger partial charge >= 0.3 is 10.4 Å². The number of ketones is 1. The maximum Gasteiger partial charge on any atom is 0.398 e. The number of halogens is 1. The van der Waals surface area contributed by atoms with E-state index >= 15 is 0 Å². The topological polar surface area (TPSA) is 367 Å². The van der Waals surface area contributed by atoms with Crippen molar-refractivity contribution in [3.05, 3.63) is 52.3 Å². The van der Waals surface area contributed by atoms with Crippen LogP contribution in [-0.4, -0.2) is 141 Å². The van der Waals surface area contributed by atoms with Gasteiger partial charge in [0.15, 0.2) is 6.10 Å². The number of phenols is 1. The van der Waals surface area contributed by atoms with Gasteiger partial charge < -0.3 is 56.6 Å². The molecule has 1 aromatic carbocycles. The lowest BCUT2D eigenvalue weighted by molar-refractivity contribution is -0.144. The monoisotopic (exact) mass is 1190 g/mol. The van der Waals surface area contributed by atoms with Gasteiger partial charge in [-0.15, -0.1) is 0 Å². The zero-order valence-electron chi connectivity index (χ0n) is 45.5. The van der Waals surface area contributed by atoms with Crippen LogP contribution in [0.5, 0.6) is 5.75 Å². The van der Waals surface area contributed by atoms with E-state index in [1.807, 2.05) is 0 Å². The minimum atomic E-state index is -5.09. The second kappa shape index (κ2) is 28.4. The van der Waals surface area contributed by atoms with E-state index in [-0.39, 0.29) is 81.3 Å². The van der Waals surface area contributed by atoms with Crippen LogP contribution in [0.3, 0.4) is 0 Å². The van der Waals surface area contributed by atoms with Crippen molar-refractivity contribution in [2.24, 2.45) is 17.8 Å². The van der Waals surface area contributed by atoms with E-state index in [0.29, 0.717) is 33.9 Å². The normalized spacial score (nSPS) is 22.7. The molecule has 1 unspecified atom stereocenters. The lowest BCUT2D eigenvalue weighted by Crippen LogP contribution is -2.60. The molecule has 0 spiro atoms. The lowest BCUT2D eigenvalue weighted by Gasteiger charge is -2.31. The van der Waals surface area contributed by atoms with Gasteiger partial charge in [-0.2, -0.15) is 8.42 Å². The van der Waals surface area contributed by atoms with Crippen molar-refractivity contribution in [2.45, 2.75) is 162 Å². The lowest BCUT2D eigenvalue weighted by atomic mass is 9.96. The van der Waals surface area contributed by atoms with Crippen molar-refractivity contribution in [1.82, 2.24) is 52.1 Å². The number of nitrogens with zero attached hydrogens (tertiary/aromatic N) is 2. The zero-order chi connectivity index (χ0) is 58.5. The maximum absolute atomic E-state index is 14.8. The molecule has 2 aliphatic heterocycles. The Morgan fingerprint density at radius 1 is 0.886 bits per heavy atom. The summed E-state index contributed by atoms with van der Waals surface area (Å²) in [6, 6.07) is -4.08. The smallest absolute Gasteiger partial charge is 0.398 e. The van der Waals surface area contributed by atoms with E-state index in [4.69, 9.17) is 8.60 Å². The van der Waals surface area contributed by atoms with E-state index < -0.39 is 124 Å². The first-order valence-electron chi connectivity index (χ1n) is 26.5. The second-order valence-corrected chi connectivity index (χ2v) is 22.3. The number of hydrogen-bond acceptors (Lipinski definition) is 15. The molecule has 3 aromatic rings. The summed E-state index contributed by atoms with van der Waals surface area (Å²) in [5.74, 6) is -9.00. The molecule has 10 atom stereocenters. The van der Waals surface area contributed by atoms with E-state index in [1.54, 1.807) is 47.6 Å². The summed E-state index contributed by atoms with van der Waals surface area (Å²) < 4.78 is 43.6. The molecular formula is C52H73BrN10O15S. The average Bonchev–Trinajstić information content (AvgIpc) is 4.19. The van der Waals surface area contributed by atoms with Crippen LogP contribution in [0.15, 0.2) is 39.6 Å². The molecule has 1 fully saturated rings. The Balaban J connectivity index is 1.47. The van der Waals surface area contributed by atoms with Crippen LogP contribution in [0.2, 0.25) is 0 Å². The number of benzene rings is 1. The number of carbonyl (C=O) groups is 9. The second-order valence-electron chi connectivity index (χ2n) is 20.5. The highest BCUT2D eigenvalue weighted by Gasteiger charge is 2.41. The summed E-state index contributed by atoms with van der Waals surface area (Å²) >= 11 is 3.50. The van der Waals surface area contributed by atoms with Crippen molar-refractivity contribution >= 4 is 96.3 Å². The third-order valence-corrected chi connectivity index (χ3v) is 15.1. The highest BCUT2D eigenvalue weighted by atomic mass is 79.9. The molecule has 27 heteroatoms. The number of rotatable bonds is 17. The molecule has 434 valence electrons. The SMILES string of the molecule is CCC(C)[C@H](NC(=O)[C@@H](OS(=O)(=O)O)[C@@H](C)CC)C(=O)N[C@@H](CC)C(=O)N[C@H]1CCCNC(=O)[C@H](Cc2c(Br)[nH]c3ccc(O)cc23)NC(=O)/C=C\c2coc(n2)[C@H](C)NC(=O)C(=O)[C@H](CC(C)C)NC(=O)[C@@H]2CCCN2C1=O. The van der Waals surface area contributed by atoms with Crippen molar-refractivity contribution in [2.75, 3.05) is 13.1 Å². The Labute approximate surface area is 466 Å². The number of fused-ring (bicyclic) bond motifs is 4. The molecule has 1 saturated heterocycles. The van der Waals surface area contributed by atoms with E-state index in [2.05, 4.69) is 63.1 Å². The third kappa shape index (κ3) is 17.4. The molecular weight excluding hydrogens is 1120 g/mol. The van der Waals surface area contributed by atoms with Gasteiger partial charge in [-0.05, 0) is 109 Å². The number of aromatic nitrogens is 2. The Hall–Kier alpha value is -6.71. The predicted molar refractivity (Wildman–Crippen MR) is 290 cm³/mol. The standard InChI is InChI=1S/C52H73BrN10O15S/c1-9-27(6)41(62-50(72)43(28(7)10-2)78-79(74,75)76)48(70)59-34(11-3)46(68)60-36-14-12-20-54-45(67)38(24-33-32-23-31(64)17-18-35(32)58-44(33)53)57-40(65)19-16-30-25-77-51(56-30)29(8)55-49(71)42(66)37(22-26(4)5)61-47(69)39-15-13-21-63(39)52(36)73/h16-19,23,25-29,34,36-39,41,43,58,64H,9-15,20-22,24H2,1-8H3,(H,54,67)(H,55,71)(H,57,65)(H,59,70)(H,60,68)(H,61,69)(H,62,72)(H,74,75,76)/b19-16-/t27?,28-,29-,34-,36-,37-,38-,39-,41-,43-/m0/s1. The Kier molecular flexibility index (Phi) is 22.7. The first kappa shape index (κ1) is 63.1. The van der Waals surface area contributed by atoms with Crippen LogP contribution in [0.25, 0.3) is 17.0 Å². The first-order chi connectivity index (χ1) is 37.2. The minimum Gasteiger partial charge on any atom is -0.508 e. The molecule has 79 heavy (non-hydrogen) atoms. The highest BCUT2D eigenvalue weighted by Crippen LogP contribution is 2.31. The number of hydrogen-bond donors (Lipinski definition) is 10. The van der Waals surface area contributed by atoms with Crippen LogP contribution < -0.4 is 37.2 Å². The van der Waals surface area contributed by atoms with Gasteiger partial charge in [0.25, 0.3) is 11.8 Å². The molecule has 10 N–H and O–H groups in total. The van der Waals surface area contributed by atoms with Crippen LogP contribution in [0.1, 0.15) is 130 Å². The molecule has 5 rings (SSSR count). The summed E-state index contributed by atoms with van der Waals surface area (Å²) in [4.78, 5) is 135. The van der Waals surface area contributed by atoms with Gasteiger partial charge in [0.2, 0.25) is 47.1 Å². The molecule has 25 nitrogen and oxygen atoms in total. The Bertz CT molecular complexity index is 2870. The summed E-state index contributed by atoms with van der Waals surface area (Å²) in [7, 11) is -5.09. The number of nitrogens with one attached hydrogen (secondary N) is 8. The summed E-state index contributed by atoms with van der Waals surface area (Å²) in [6.07, 6.45) is 2.87. The minimum absolute atomic E-state index is 0.0137. The summed E-state index contributed by atoms with van der Waals surface area (Å²) in [6.45, 7) is 13.2. The Morgan fingerprint density at radius 3 is 2.25 bits per heavy atom. The van der Waals surface area contributed by atoms with Crippen molar-refractivity contribution in [1.29, 1.82) is 0 Å². The van der Waals surface area contributed by atoms with Crippen molar-refractivity contribution < 1.29 is 69.8 Å². The zero-order valence-corrected chi connectivity index (χ0v) is 47.9. The summed E-state index contributed by atoms with van der Waals surface area (Å²) in [5, 5.41) is 29.6. The number of phenolic OH excluding ortho intramolecular Hbond substituents is 1. The fraction of sp³-hybridized carbons (Fsp3) is 0.577. The molecule has 0 radical (unpaired) electrons. The summed E-state index contributed by atoms with van der Waals surface area (Å²) in [5.41, 5.74) is 1.34. The number of carbonyl (C=O) groups excluding carboxylic acids is 9.